The molecule has 0 radical (unpaired) electrons. The second-order valence-corrected chi connectivity index (χ2v) is 10.1. The molecule has 5 aromatic carbocycles. The number of benzene rings is 5. The number of aromatic amines is 1. The summed E-state index contributed by atoms with van der Waals surface area (Å²) in [6.45, 7) is 0. The van der Waals surface area contributed by atoms with Gasteiger partial charge in [-0.3, -0.25) is 0 Å². The van der Waals surface area contributed by atoms with E-state index in [1.165, 1.54) is 80.1 Å². The summed E-state index contributed by atoms with van der Waals surface area (Å²) in [6, 6.07) is 33.6. The molecule has 33 heavy (non-hydrogen) atoms. The lowest BCUT2D eigenvalue weighted by atomic mass is 10.0. The van der Waals surface area contributed by atoms with Crippen LogP contribution < -0.4 is 0 Å². The lowest BCUT2D eigenvalue weighted by Crippen LogP contribution is -1.84. The molecule has 4 heterocycles. The molecule has 0 fully saturated rings. The molecule has 0 aliphatic heterocycles. The standard InChI is InChI=1S/C30H16N2S/c1-2-13-25-16(6-1)19-14-15-24-27(30(19)33-25)20-9-3-8-18-17-7-4-10-21-26(17)28-22(31-21)11-5-12-23(28)32(24)29(18)20/h1-15,31H. The Morgan fingerprint density at radius 2 is 1.24 bits per heavy atom. The fraction of sp³-hybridized carbons (Fsp3) is 0. The van der Waals surface area contributed by atoms with Crippen molar-refractivity contribution in [2.24, 2.45) is 0 Å². The molecule has 1 N–H and O–H groups in total. The quantitative estimate of drug-likeness (QED) is 0.245. The first-order valence-corrected chi connectivity index (χ1v) is 12.1. The molecule has 2 nitrogen and oxygen atoms in total. The molecule has 0 spiro atoms. The Balaban J connectivity index is 1.72. The molecule has 9 rings (SSSR count). The summed E-state index contributed by atoms with van der Waals surface area (Å²) < 4.78 is 5.25. The Morgan fingerprint density at radius 3 is 2.21 bits per heavy atom. The predicted octanol–water partition coefficient (Wildman–Crippen LogP) is 8.84. The highest BCUT2D eigenvalue weighted by atomic mass is 32.1. The van der Waals surface area contributed by atoms with Crippen molar-refractivity contribution in [2.45, 2.75) is 0 Å². The number of nitrogens with zero attached hydrogens (tertiary/aromatic N) is 1. The van der Waals surface area contributed by atoms with Crippen LogP contribution >= 0.6 is 11.3 Å². The van der Waals surface area contributed by atoms with Gasteiger partial charge in [0.25, 0.3) is 0 Å². The zero-order valence-electron chi connectivity index (χ0n) is 17.5. The number of rotatable bonds is 0. The second kappa shape index (κ2) is 5.45. The van der Waals surface area contributed by atoms with E-state index < -0.39 is 0 Å². The molecule has 0 saturated carbocycles. The minimum absolute atomic E-state index is 1.20. The Bertz CT molecular complexity index is 2240. The molecule has 3 heteroatoms. The first-order valence-electron chi connectivity index (χ1n) is 11.3. The van der Waals surface area contributed by atoms with Crippen LogP contribution in [-0.2, 0) is 0 Å². The Hall–Kier alpha value is -4.08. The van der Waals surface area contributed by atoms with E-state index in [0.717, 1.165) is 0 Å². The van der Waals surface area contributed by atoms with Crippen molar-refractivity contribution in [3.63, 3.8) is 0 Å². The van der Waals surface area contributed by atoms with Crippen molar-refractivity contribution in [1.29, 1.82) is 0 Å². The van der Waals surface area contributed by atoms with Crippen molar-refractivity contribution in [3.8, 4) is 0 Å². The van der Waals surface area contributed by atoms with Crippen LogP contribution in [0.5, 0.6) is 0 Å². The van der Waals surface area contributed by atoms with Gasteiger partial charge in [0.15, 0.2) is 0 Å². The van der Waals surface area contributed by atoms with Gasteiger partial charge in [-0.25, -0.2) is 0 Å². The molecule has 0 aliphatic carbocycles. The zero-order valence-corrected chi connectivity index (χ0v) is 18.3. The summed E-state index contributed by atoms with van der Waals surface area (Å²) in [7, 11) is 0. The lowest BCUT2D eigenvalue weighted by Gasteiger charge is -2.01. The zero-order chi connectivity index (χ0) is 21.3. The van der Waals surface area contributed by atoms with Crippen LogP contribution in [0.25, 0.3) is 80.1 Å². The summed E-state index contributed by atoms with van der Waals surface area (Å²) in [5, 5.41) is 10.7. The minimum Gasteiger partial charge on any atom is -0.354 e. The van der Waals surface area contributed by atoms with Gasteiger partial charge >= 0.3 is 0 Å². The molecule has 152 valence electrons. The van der Waals surface area contributed by atoms with Gasteiger partial charge in [-0.1, -0.05) is 60.7 Å². The van der Waals surface area contributed by atoms with Gasteiger partial charge in [-0.15, -0.1) is 11.3 Å². The molecule has 9 aromatic rings. The number of nitrogens with one attached hydrogen (secondary N) is 1. The van der Waals surface area contributed by atoms with Crippen LogP contribution in [-0.4, -0.2) is 9.38 Å². The molecule has 0 bridgehead atoms. The molecule has 0 amide bonds. The van der Waals surface area contributed by atoms with Gasteiger partial charge in [0.05, 0.1) is 16.6 Å². The number of H-pyrrole nitrogens is 1. The van der Waals surface area contributed by atoms with Crippen LogP contribution in [0.2, 0.25) is 0 Å². The van der Waals surface area contributed by atoms with Gasteiger partial charge in [0.1, 0.15) is 0 Å². The highest BCUT2D eigenvalue weighted by molar-refractivity contribution is 7.26. The van der Waals surface area contributed by atoms with Crippen LogP contribution in [0.15, 0.2) is 91.0 Å². The maximum absolute atomic E-state index is 3.67. The third-order valence-electron chi connectivity index (χ3n) is 7.45. The normalized spacial score (nSPS) is 12.8. The van der Waals surface area contributed by atoms with Gasteiger partial charge in [-0.05, 0) is 35.7 Å². The fourth-order valence-corrected chi connectivity index (χ4v) is 7.45. The molecular formula is C30H16N2S. The van der Waals surface area contributed by atoms with E-state index in [2.05, 4.69) is 100 Å². The maximum atomic E-state index is 3.67. The molecule has 0 aliphatic rings. The minimum atomic E-state index is 1.20. The van der Waals surface area contributed by atoms with E-state index >= 15 is 0 Å². The van der Waals surface area contributed by atoms with E-state index in [0.29, 0.717) is 0 Å². The molecule has 0 unspecified atom stereocenters. The summed E-state index contributed by atoms with van der Waals surface area (Å²) in [6.07, 6.45) is 0. The van der Waals surface area contributed by atoms with E-state index in [-0.39, 0.29) is 0 Å². The van der Waals surface area contributed by atoms with Crippen LogP contribution in [0.4, 0.5) is 0 Å². The van der Waals surface area contributed by atoms with Gasteiger partial charge in [0.2, 0.25) is 0 Å². The third-order valence-corrected chi connectivity index (χ3v) is 8.66. The highest BCUT2D eigenvalue weighted by Crippen LogP contribution is 2.46. The monoisotopic (exact) mass is 436 g/mol. The van der Waals surface area contributed by atoms with Crippen molar-refractivity contribution >= 4 is 91.4 Å². The smallest absolute Gasteiger partial charge is 0.0620 e. The number of fused-ring (bicyclic) bond motifs is 9. The number of para-hydroxylation sites is 1. The van der Waals surface area contributed by atoms with E-state index in [1.54, 1.807) is 0 Å². The number of hydrogen-bond acceptors (Lipinski definition) is 1. The molecule has 0 atom stereocenters. The fourth-order valence-electron chi connectivity index (χ4n) is 6.19. The number of aromatic nitrogens is 2. The van der Waals surface area contributed by atoms with Crippen LogP contribution in [0.3, 0.4) is 0 Å². The Morgan fingerprint density at radius 1 is 0.515 bits per heavy atom. The topological polar surface area (TPSA) is 20.2 Å². The molecule has 0 saturated heterocycles. The maximum Gasteiger partial charge on any atom is 0.0620 e. The van der Waals surface area contributed by atoms with Gasteiger partial charge in [-0.2, -0.15) is 0 Å². The van der Waals surface area contributed by atoms with Crippen LogP contribution in [0.1, 0.15) is 0 Å². The lowest BCUT2D eigenvalue weighted by molar-refractivity contribution is 1.36. The summed E-state index contributed by atoms with van der Waals surface area (Å²) >= 11 is 1.92. The second-order valence-electron chi connectivity index (χ2n) is 9.02. The molecule has 4 aromatic heterocycles. The largest absolute Gasteiger partial charge is 0.354 e. The van der Waals surface area contributed by atoms with E-state index in [1.807, 2.05) is 11.3 Å². The Kier molecular flexibility index (Phi) is 2.73. The van der Waals surface area contributed by atoms with Gasteiger partial charge in [0, 0.05) is 58.1 Å². The Labute approximate surface area is 191 Å². The first-order chi connectivity index (χ1) is 16.4. The molecular weight excluding hydrogens is 420 g/mol. The van der Waals surface area contributed by atoms with Crippen molar-refractivity contribution in [1.82, 2.24) is 9.38 Å². The number of thiophene rings is 1. The van der Waals surface area contributed by atoms with Crippen molar-refractivity contribution < 1.29 is 0 Å². The van der Waals surface area contributed by atoms with E-state index in [4.69, 9.17) is 0 Å². The summed E-state index contributed by atoms with van der Waals surface area (Å²) in [5.41, 5.74) is 6.26. The highest BCUT2D eigenvalue weighted by Gasteiger charge is 2.20. The van der Waals surface area contributed by atoms with E-state index in [9.17, 15) is 0 Å². The third kappa shape index (κ3) is 1.81. The van der Waals surface area contributed by atoms with Gasteiger partial charge < -0.3 is 9.38 Å². The SMILES string of the molecule is c1ccc2c(c1)sc1c2ccc2c1c1cccc3c4cccc5[nH]c6cccc(c6c54)n2c31. The first kappa shape index (κ1) is 16.5. The van der Waals surface area contributed by atoms with Crippen molar-refractivity contribution in [3.05, 3.63) is 91.0 Å². The van der Waals surface area contributed by atoms with Crippen molar-refractivity contribution in [2.75, 3.05) is 0 Å². The summed E-state index contributed by atoms with van der Waals surface area (Å²) in [5.74, 6) is 0. The predicted molar refractivity (Wildman–Crippen MR) is 143 cm³/mol. The average Bonchev–Trinajstić information content (AvgIpc) is 3.49. The summed E-state index contributed by atoms with van der Waals surface area (Å²) in [4.78, 5) is 3.67. The average molecular weight is 437 g/mol. The number of hydrogen-bond donors (Lipinski definition) is 1. The van der Waals surface area contributed by atoms with Crippen LogP contribution in [0, 0.1) is 0 Å².